The molecular formula is C16H22N2O2. The van der Waals surface area contributed by atoms with E-state index in [9.17, 15) is 4.79 Å². The van der Waals surface area contributed by atoms with E-state index in [1.807, 2.05) is 0 Å². The largest absolute Gasteiger partial charge is 0.481 e. The number of hydrogen-bond donors (Lipinski definition) is 2. The third kappa shape index (κ3) is 3.02. The monoisotopic (exact) mass is 274 g/mol. The lowest BCUT2D eigenvalue weighted by Gasteiger charge is -2.27. The Morgan fingerprint density at radius 1 is 1.20 bits per heavy atom. The third-order valence-electron chi connectivity index (χ3n) is 4.53. The Hall–Kier alpha value is -1.39. The highest BCUT2D eigenvalue weighted by atomic mass is 16.4. The van der Waals surface area contributed by atoms with Crippen LogP contribution in [0, 0.1) is 0 Å². The molecule has 1 heterocycles. The molecule has 1 aromatic carbocycles. The molecule has 0 bridgehead atoms. The highest BCUT2D eigenvalue weighted by Crippen LogP contribution is 2.50. The summed E-state index contributed by atoms with van der Waals surface area (Å²) in [5.74, 6) is -0.688. The predicted octanol–water partition coefficient (Wildman–Crippen LogP) is 1.60. The SMILES string of the molecule is O=C(O)CC1(c2ccc(CN3CCNCC3)cc2)CC1. The summed E-state index contributed by atoms with van der Waals surface area (Å²) in [5, 5.41) is 12.4. The molecule has 0 radical (unpaired) electrons. The zero-order valence-corrected chi connectivity index (χ0v) is 11.8. The summed E-state index contributed by atoms with van der Waals surface area (Å²) in [6, 6.07) is 8.60. The van der Waals surface area contributed by atoms with Crippen molar-refractivity contribution in [3.8, 4) is 0 Å². The predicted molar refractivity (Wildman–Crippen MR) is 77.8 cm³/mol. The lowest BCUT2D eigenvalue weighted by atomic mass is 9.92. The number of carbonyl (C=O) groups is 1. The minimum Gasteiger partial charge on any atom is -0.481 e. The molecule has 2 aliphatic rings. The minimum absolute atomic E-state index is 0.0700. The normalized spacial score (nSPS) is 21.6. The van der Waals surface area contributed by atoms with E-state index in [0.717, 1.165) is 45.6 Å². The van der Waals surface area contributed by atoms with Gasteiger partial charge in [-0.2, -0.15) is 0 Å². The average Bonchev–Trinajstić information content (AvgIpc) is 3.21. The minimum atomic E-state index is -0.688. The first-order valence-electron chi connectivity index (χ1n) is 7.42. The van der Waals surface area contributed by atoms with Crippen LogP contribution >= 0.6 is 0 Å². The Labute approximate surface area is 119 Å². The van der Waals surface area contributed by atoms with Gasteiger partial charge in [-0.1, -0.05) is 24.3 Å². The third-order valence-corrected chi connectivity index (χ3v) is 4.53. The summed E-state index contributed by atoms with van der Waals surface area (Å²) in [6.45, 7) is 5.34. The van der Waals surface area contributed by atoms with Gasteiger partial charge in [0.1, 0.15) is 0 Å². The molecule has 3 rings (SSSR count). The number of benzene rings is 1. The molecule has 20 heavy (non-hydrogen) atoms. The van der Waals surface area contributed by atoms with Crippen LogP contribution < -0.4 is 5.32 Å². The number of piperazine rings is 1. The van der Waals surface area contributed by atoms with Crippen molar-refractivity contribution in [1.29, 1.82) is 0 Å². The Kier molecular flexibility index (Phi) is 3.76. The number of hydrogen-bond acceptors (Lipinski definition) is 3. The fourth-order valence-electron chi connectivity index (χ4n) is 3.10. The van der Waals surface area contributed by atoms with Crippen molar-refractivity contribution in [2.24, 2.45) is 0 Å². The van der Waals surface area contributed by atoms with Gasteiger partial charge in [0.15, 0.2) is 0 Å². The topological polar surface area (TPSA) is 52.6 Å². The van der Waals surface area contributed by atoms with Crippen LogP contribution in [0.25, 0.3) is 0 Å². The molecule has 4 heteroatoms. The van der Waals surface area contributed by atoms with Crippen LogP contribution in [0.1, 0.15) is 30.4 Å². The Balaban J connectivity index is 1.64. The van der Waals surface area contributed by atoms with Crippen molar-refractivity contribution in [1.82, 2.24) is 10.2 Å². The summed E-state index contributed by atoms with van der Waals surface area (Å²) in [4.78, 5) is 13.4. The zero-order chi connectivity index (χ0) is 14.0. The Bertz CT molecular complexity index is 474. The number of nitrogens with zero attached hydrogens (tertiary/aromatic N) is 1. The lowest BCUT2D eigenvalue weighted by molar-refractivity contribution is -0.137. The number of carboxylic acids is 1. The molecule has 1 saturated heterocycles. The number of carboxylic acid groups (broad SMARTS) is 1. The average molecular weight is 274 g/mol. The van der Waals surface area contributed by atoms with E-state index in [4.69, 9.17) is 5.11 Å². The summed E-state index contributed by atoms with van der Waals surface area (Å²) in [6.07, 6.45) is 2.29. The molecule has 0 atom stereocenters. The van der Waals surface area contributed by atoms with Gasteiger partial charge in [-0.3, -0.25) is 9.69 Å². The highest BCUT2D eigenvalue weighted by molar-refractivity contribution is 5.70. The summed E-state index contributed by atoms with van der Waals surface area (Å²) in [7, 11) is 0. The van der Waals surface area contributed by atoms with Gasteiger partial charge in [0.05, 0.1) is 6.42 Å². The first-order valence-corrected chi connectivity index (χ1v) is 7.42. The van der Waals surface area contributed by atoms with Gasteiger partial charge in [0.2, 0.25) is 0 Å². The van der Waals surface area contributed by atoms with Crippen molar-refractivity contribution in [2.75, 3.05) is 26.2 Å². The van der Waals surface area contributed by atoms with Crippen LogP contribution in [0.5, 0.6) is 0 Å². The van der Waals surface area contributed by atoms with Crippen LogP contribution in [-0.2, 0) is 16.8 Å². The van der Waals surface area contributed by atoms with Gasteiger partial charge >= 0.3 is 5.97 Å². The number of aliphatic carboxylic acids is 1. The molecule has 1 aliphatic heterocycles. The lowest BCUT2D eigenvalue weighted by Crippen LogP contribution is -2.42. The van der Waals surface area contributed by atoms with Crippen molar-refractivity contribution in [3.63, 3.8) is 0 Å². The van der Waals surface area contributed by atoms with Crippen molar-refractivity contribution in [3.05, 3.63) is 35.4 Å². The molecule has 1 saturated carbocycles. The van der Waals surface area contributed by atoms with Crippen LogP contribution in [0.15, 0.2) is 24.3 Å². The van der Waals surface area contributed by atoms with Gasteiger partial charge in [0.25, 0.3) is 0 Å². The van der Waals surface area contributed by atoms with E-state index in [2.05, 4.69) is 34.5 Å². The zero-order valence-electron chi connectivity index (χ0n) is 11.8. The van der Waals surface area contributed by atoms with Gasteiger partial charge in [-0.05, 0) is 24.0 Å². The standard InChI is InChI=1S/C16H22N2O2/c19-15(20)11-16(5-6-16)14-3-1-13(2-4-14)12-18-9-7-17-8-10-18/h1-4,17H,5-12H2,(H,19,20). The molecule has 2 N–H and O–H groups in total. The Morgan fingerprint density at radius 3 is 2.40 bits per heavy atom. The molecule has 108 valence electrons. The second-order valence-corrected chi connectivity index (χ2v) is 6.07. The van der Waals surface area contributed by atoms with E-state index in [1.165, 1.54) is 11.1 Å². The quantitative estimate of drug-likeness (QED) is 0.856. The van der Waals surface area contributed by atoms with Crippen LogP contribution in [-0.4, -0.2) is 42.2 Å². The van der Waals surface area contributed by atoms with Gasteiger partial charge in [-0.25, -0.2) is 0 Å². The van der Waals surface area contributed by atoms with E-state index >= 15 is 0 Å². The van der Waals surface area contributed by atoms with Gasteiger partial charge in [0, 0.05) is 38.1 Å². The number of nitrogens with one attached hydrogen (secondary N) is 1. The summed E-state index contributed by atoms with van der Waals surface area (Å²) >= 11 is 0. The van der Waals surface area contributed by atoms with Gasteiger partial charge in [-0.15, -0.1) is 0 Å². The summed E-state index contributed by atoms with van der Waals surface area (Å²) in [5.41, 5.74) is 2.45. The number of rotatable bonds is 5. The van der Waals surface area contributed by atoms with Crippen LogP contribution in [0.4, 0.5) is 0 Å². The molecule has 1 aliphatic carbocycles. The highest BCUT2D eigenvalue weighted by Gasteiger charge is 2.45. The Morgan fingerprint density at radius 2 is 1.85 bits per heavy atom. The van der Waals surface area contributed by atoms with Gasteiger partial charge < -0.3 is 10.4 Å². The maximum Gasteiger partial charge on any atom is 0.304 e. The van der Waals surface area contributed by atoms with E-state index < -0.39 is 5.97 Å². The van der Waals surface area contributed by atoms with E-state index in [-0.39, 0.29) is 11.8 Å². The van der Waals surface area contributed by atoms with Crippen molar-refractivity contribution in [2.45, 2.75) is 31.2 Å². The second kappa shape index (κ2) is 5.54. The molecule has 0 spiro atoms. The first kappa shape index (κ1) is 13.6. The molecular weight excluding hydrogens is 252 g/mol. The molecule has 4 nitrogen and oxygen atoms in total. The van der Waals surface area contributed by atoms with E-state index in [0.29, 0.717) is 0 Å². The van der Waals surface area contributed by atoms with Crippen molar-refractivity contribution >= 4 is 5.97 Å². The molecule has 0 aromatic heterocycles. The fraction of sp³-hybridized carbons (Fsp3) is 0.562. The molecule has 0 amide bonds. The van der Waals surface area contributed by atoms with Crippen LogP contribution in [0.3, 0.4) is 0 Å². The molecule has 0 unspecified atom stereocenters. The van der Waals surface area contributed by atoms with Crippen LogP contribution in [0.2, 0.25) is 0 Å². The second-order valence-electron chi connectivity index (χ2n) is 6.07. The maximum absolute atomic E-state index is 10.9. The van der Waals surface area contributed by atoms with Crippen molar-refractivity contribution < 1.29 is 9.90 Å². The maximum atomic E-state index is 10.9. The summed E-state index contributed by atoms with van der Waals surface area (Å²) < 4.78 is 0. The first-order chi connectivity index (χ1) is 9.68. The fourth-order valence-corrected chi connectivity index (χ4v) is 3.10. The molecule has 1 aromatic rings. The van der Waals surface area contributed by atoms with E-state index in [1.54, 1.807) is 0 Å². The molecule has 2 fully saturated rings. The smallest absolute Gasteiger partial charge is 0.304 e.